The van der Waals surface area contributed by atoms with Crippen LogP contribution in [0.25, 0.3) is 0 Å². The van der Waals surface area contributed by atoms with Crippen LogP contribution < -0.4 is 5.32 Å². The molecule has 6 nitrogen and oxygen atoms in total. The standard InChI is InChI=1S/C20H27N3O3.ClH/c1-4-21-12-15-7-9-22(10-8-15)18(24)14(3)23-19(25)16-6-5-13(2)11-17(16)20(23)26;/h5-6,11,14-15,21H,4,7-10,12H2,1-3H3;1H. The van der Waals surface area contributed by atoms with Crippen LogP contribution in [0.1, 0.15) is 53.0 Å². The van der Waals surface area contributed by atoms with Crippen LogP contribution in [0.2, 0.25) is 0 Å². The first-order valence-electron chi connectivity index (χ1n) is 9.42. The summed E-state index contributed by atoms with van der Waals surface area (Å²) in [5.41, 5.74) is 1.72. The van der Waals surface area contributed by atoms with Gasteiger partial charge in [-0.15, -0.1) is 12.4 Å². The molecule has 3 amide bonds. The van der Waals surface area contributed by atoms with E-state index in [9.17, 15) is 14.4 Å². The van der Waals surface area contributed by atoms with Crippen molar-refractivity contribution in [2.24, 2.45) is 5.92 Å². The minimum atomic E-state index is -0.770. The van der Waals surface area contributed by atoms with Gasteiger partial charge in [0, 0.05) is 13.1 Å². The first-order chi connectivity index (χ1) is 12.4. The summed E-state index contributed by atoms with van der Waals surface area (Å²) in [5.74, 6) is -0.292. The van der Waals surface area contributed by atoms with Crippen molar-refractivity contribution in [2.45, 2.75) is 39.7 Å². The second-order valence-electron chi connectivity index (χ2n) is 7.28. The lowest BCUT2D eigenvalue weighted by atomic mass is 9.96. The van der Waals surface area contributed by atoms with Gasteiger partial charge in [-0.3, -0.25) is 19.3 Å². The number of nitrogens with one attached hydrogen (secondary N) is 1. The molecule has 7 heteroatoms. The first kappa shape index (κ1) is 21.4. The van der Waals surface area contributed by atoms with Crippen molar-refractivity contribution in [3.63, 3.8) is 0 Å². The zero-order valence-corrected chi connectivity index (χ0v) is 17.0. The zero-order chi connectivity index (χ0) is 18.8. The molecule has 0 spiro atoms. The number of hydrogen-bond acceptors (Lipinski definition) is 4. The van der Waals surface area contributed by atoms with Crippen molar-refractivity contribution in [1.82, 2.24) is 15.1 Å². The van der Waals surface area contributed by atoms with Gasteiger partial charge >= 0.3 is 0 Å². The number of hydrogen-bond donors (Lipinski definition) is 1. The molecule has 0 bridgehead atoms. The molecule has 0 aromatic heterocycles. The first-order valence-corrected chi connectivity index (χ1v) is 9.42. The summed E-state index contributed by atoms with van der Waals surface area (Å²) in [6.45, 7) is 8.92. The Kier molecular flexibility index (Phi) is 7.00. The number of fused-ring (bicyclic) bond motifs is 1. The summed E-state index contributed by atoms with van der Waals surface area (Å²) in [4.78, 5) is 41.1. The van der Waals surface area contributed by atoms with E-state index in [1.165, 1.54) is 0 Å². The fourth-order valence-electron chi connectivity index (χ4n) is 3.81. The summed E-state index contributed by atoms with van der Waals surface area (Å²) in [6.07, 6.45) is 1.90. The van der Waals surface area contributed by atoms with E-state index in [1.54, 1.807) is 24.0 Å². The molecule has 1 aromatic rings. The molecular formula is C20H28ClN3O3. The van der Waals surface area contributed by atoms with E-state index in [4.69, 9.17) is 0 Å². The van der Waals surface area contributed by atoms with E-state index in [0.717, 1.165) is 36.4 Å². The number of piperidine rings is 1. The van der Waals surface area contributed by atoms with Crippen molar-refractivity contribution >= 4 is 30.1 Å². The van der Waals surface area contributed by atoms with Crippen molar-refractivity contribution in [3.8, 4) is 0 Å². The predicted molar refractivity (Wildman–Crippen MR) is 106 cm³/mol. The van der Waals surface area contributed by atoms with E-state index in [0.29, 0.717) is 30.1 Å². The minimum absolute atomic E-state index is 0. The normalized spacial score (nSPS) is 18.3. The van der Waals surface area contributed by atoms with Gasteiger partial charge in [0.15, 0.2) is 0 Å². The fraction of sp³-hybridized carbons (Fsp3) is 0.550. The Labute approximate surface area is 166 Å². The van der Waals surface area contributed by atoms with Gasteiger partial charge in [0.1, 0.15) is 6.04 Å². The number of carbonyl (C=O) groups is 3. The van der Waals surface area contributed by atoms with Gasteiger partial charge in [-0.1, -0.05) is 18.6 Å². The molecule has 0 radical (unpaired) electrons. The molecular weight excluding hydrogens is 366 g/mol. The van der Waals surface area contributed by atoms with Gasteiger partial charge < -0.3 is 10.2 Å². The Morgan fingerprint density at radius 2 is 1.81 bits per heavy atom. The molecule has 2 aliphatic rings. The van der Waals surface area contributed by atoms with E-state index in [1.807, 2.05) is 13.0 Å². The van der Waals surface area contributed by atoms with Crippen LogP contribution in [-0.4, -0.2) is 59.7 Å². The number of carbonyl (C=O) groups excluding carboxylic acids is 3. The largest absolute Gasteiger partial charge is 0.341 e. The summed E-state index contributed by atoms with van der Waals surface area (Å²) >= 11 is 0. The highest BCUT2D eigenvalue weighted by Gasteiger charge is 2.42. The average molecular weight is 394 g/mol. The summed E-state index contributed by atoms with van der Waals surface area (Å²) in [5, 5.41) is 3.35. The van der Waals surface area contributed by atoms with Crippen LogP contribution in [0.4, 0.5) is 0 Å². The molecule has 1 fully saturated rings. The highest BCUT2D eigenvalue weighted by atomic mass is 35.5. The van der Waals surface area contributed by atoms with Crippen molar-refractivity contribution in [3.05, 3.63) is 34.9 Å². The van der Waals surface area contributed by atoms with Gasteiger partial charge in [-0.25, -0.2) is 0 Å². The third-order valence-electron chi connectivity index (χ3n) is 5.43. The van der Waals surface area contributed by atoms with Crippen molar-refractivity contribution < 1.29 is 14.4 Å². The molecule has 1 atom stereocenters. The van der Waals surface area contributed by atoms with E-state index < -0.39 is 6.04 Å². The molecule has 2 aliphatic heterocycles. The summed E-state index contributed by atoms with van der Waals surface area (Å²) < 4.78 is 0. The van der Waals surface area contributed by atoms with Crippen LogP contribution in [0.15, 0.2) is 18.2 Å². The number of benzene rings is 1. The zero-order valence-electron chi connectivity index (χ0n) is 16.2. The average Bonchev–Trinajstić information content (AvgIpc) is 2.89. The van der Waals surface area contributed by atoms with Gasteiger partial charge in [-0.2, -0.15) is 0 Å². The molecule has 27 heavy (non-hydrogen) atoms. The molecule has 3 rings (SSSR count). The van der Waals surface area contributed by atoms with Crippen LogP contribution in [0, 0.1) is 12.8 Å². The molecule has 1 saturated heterocycles. The molecule has 0 aliphatic carbocycles. The van der Waals surface area contributed by atoms with Crippen molar-refractivity contribution in [2.75, 3.05) is 26.2 Å². The van der Waals surface area contributed by atoms with E-state index in [-0.39, 0.29) is 30.1 Å². The number of imide groups is 1. The van der Waals surface area contributed by atoms with Crippen LogP contribution in [0.5, 0.6) is 0 Å². The quantitative estimate of drug-likeness (QED) is 0.779. The Hall–Kier alpha value is -1.92. The molecule has 1 N–H and O–H groups in total. The Morgan fingerprint density at radius 3 is 2.44 bits per heavy atom. The van der Waals surface area contributed by atoms with Crippen LogP contribution >= 0.6 is 12.4 Å². The number of amides is 3. The number of halogens is 1. The Bertz CT molecular complexity index is 729. The second-order valence-corrected chi connectivity index (χ2v) is 7.28. The second kappa shape index (κ2) is 8.85. The monoisotopic (exact) mass is 393 g/mol. The lowest BCUT2D eigenvalue weighted by Crippen LogP contribution is -2.51. The van der Waals surface area contributed by atoms with Gasteiger partial charge in [0.25, 0.3) is 11.8 Å². The highest BCUT2D eigenvalue weighted by Crippen LogP contribution is 2.27. The van der Waals surface area contributed by atoms with E-state index >= 15 is 0 Å². The highest BCUT2D eigenvalue weighted by molar-refractivity contribution is 6.22. The maximum Gasteiger partial charge on any atom is 0.262 e. The number of nitrogens with zero attached hydrogens (tertiary/aromatic N) is 2. The van der Waals surface area contributed by atoms with E-state index in [2.05, 4.69) is 12.2 Å². The third kappa shape index (κ3) is 4.17. The third-order valence-corrected chi connectivity index (χ3v) is 5.43. The lowest BCUT2D eigenvalue weighted by Gasteiger charge is -2.35. The maximum absolute atomic E-state index is 12.9. The summed E-state index contributed by atoms with van der Waals surface area (Å²) in [7, 11) is 0. The molecule has 1 aromatic carbocycles. The Morgan fingerprint density at radius 1 is 1.19 bits per heavy atom. The fourth-order valence-corrected chi connectivity index (χ4v) is 3.81. The predicted octanol–water partition coefficient (Wildman–Crippen LogP) is 2.25. The smallest absolute Gasteiger partial charge is 0.262 e. The number of likely N-dealkylation sites (tertiary alicyclic amines) is 1. The molecule has 148 valence electrons. The van der Waals surface area contributed by atoms with Crippen LogP contribution in [0.3, 0.4) is 0 Å². The molecule has 0 saturated carbocycles. The maximum atomic E-state index is 12.9. The minimum Gasteiger partial charge on any atom is -0.341 e. The molecule has 2 heterocycles. The summed E-state index contributed by atoms with van der Waals surface area (Å²) in [6, 6.07) is 4.44. The topological polar surface area (TPSA) is 69.7 Å². The van der Waals surface area contributed by atoms with Gasteiger partial charge in [-0.05, 0) is 57.8 Å². The van der Waals surface area contributed by atoms with Crippen LogP contribution in [-0.2, 0) is 4.79 Å². The van der Waals surface area contributed by atoms with Gasteiger partial charge in [0.2, 0.25) is 5.91 Å². The lowest BCUT2D eigenvalue weighted by molar-refractivity contribution is -0.136. The van der Waals surface area contributed by atoms with Crippen molar-refractivity contribution in [1.29, 1.82) is 0 Å². The molecule has 1 unspecified atom stereocenters. The SMILES string of the molecule is CCNCC1CCN(C(=O)C(C)N2C(=O)c3ccc(C)cc3C2=O)CC1.Cl. The number of rotatable bonds is 5. The number of aryl methyl sites for hydroxylation is 1. The van der Waals surface area contributed by atoms with Gasteiger partial charge in [0.05, 0.1) is 11.1 Å². The Balaban J connectivity index is 0.00000261.